The highest BCUT2D eigenvalue weighted by atomic mass is 35.5. The van der Waals surface area contributed by atoms with Crippen molar-refractivity contribution in [1.82, 2.24) is 0 Å². The van der Waals surface area contributed by atoms with Gasteiger partial charge < -0.3 is 0 Å². The van der Waals surface area contributed by atoms with Crippen LogP contribution in [0.1, 0.15) is 5.56 Å². The van der Waals surface area contributed by atoms with Gasteiger partial charge in [0.25, 0.3) is 0 Å². The second-order valence-electron chi connectivity index (χ2n) is 4.08. The molecule has 2 aromatic carbocycles. The number of rotatable bonds is 4. The van der Waals surface area contributed by atoms with Gasteiger partial charge in [0.15, 0.2) is 11.6 Å². The van der Waals surface area contributed by atoms with Gasteiger partial charge in [-0.1, -0.05) is 29.8 Å². The monoisotopic (exact) mass is 317 g/mol. The van der Waals surface area contributed by atoms with Crippen LogP contribution in [0, 0.1) is 11.6 Å². The highest BCUT2D eigenvalue weighted by Gasteiger charge is 2.14. The van der Waals surface area contributed by atoms with Crippen molar-refractivity contribution in [3.8, 4) is 0 Å². The van der Waals surface area contributed by atoms with E-state index in [-0.39, 0.29) is 11.4 Å². The van der Waals surface area contributed by atoms with E-state index in [0.29, 0.717) is 10.6 Å². The normalized spacial score (nSPS) is 11.3. The molecular weight excluding hydrogens is 308 g/mol. The highest BCUT2D eigenvalue weighted by molar-refractivity contribution is 7.91. The Kier molecular flexibility index (Phi) is 4.25. The second kappa shape index (κ2) is 5.76. The minimum atomic E-state index is -3.76. The average Bonchev–Trinajstić information content (AvgIpc) is 2.36. The lowest BCUT2D eigenvalue weighted by atomic mass is 10.2. The molecule has 1 N–H and O–H groups in total. The number of hydrogen-bond acceptors (Lipinski definition) is 2. The fourth-order valence-corrected chi connectivity index (χ4v) is 3.10. The van der Waals surface area contributed by atoms with Crippen LogP contribution in [0.15, 0.2) is 42.5 Å². The summed E-state index contributed by atoms with van der Waals surface area (Å²) in [6.45, 7) is 0. The number of anilines is 1. The van der Waals surface area contributed by atoms with Crippen LogP contribution in [0.25, 0.3) is 0 Å². The summed E-state index contributed by atoms with van der Waals surface area (Å²) < 4.78 is 51.8. The summed E-state index contributed by atoms with van der Waals surface area (Å²) in [7, 11) is -3.76. The molecule has 0 radical (unpaired) electrons. The van der Waals surface area contributed by atoms with Gasteiger partial charge in [-0.2, -0.15) is 0 Å². The molecule has 20 heavy (non-hydrogen) atoms. The van der Waals surface area contributed by atoms with Crippen LogP contribution in [-0.4, -0.2) is 8.42 Å². The zero-order valence-corrected chi connectivity index (χ0v) is 11.7. The number of hydrogen-bond donors (Lipinski definition) is 1. The smallest absolute Gasteiger partial charge is 0.236 e. The lowest BCUT2D eigenvalue weighted by Gasteiger charge is -2.09. The van der Waals surface area contributed by atoms with Gasteiger partial charge in [-0.05, 0) is 23.8 Å². The maximum absolute atomic E-state index is 13.0. The van der Waals surface area contributed by atoms with Crippen molar-refractivity contribution >= 4 is 27.3 Å². The third kappa shape index (κ3) is 3.68. The van der Waals surface area contributed by atoms with Gasteiger partial charge in [0.1, 0.15) is 0 Å². The maximum Gasteiger partial charge on any atom is 0.236 e. The van der Waals surface area contributed by atoms with Gasteiger partial charge in [-0.3, -0.25) is 4.72 Å². The Hall–Kier alpha value is -1.66. The van der Waals surface area contributed by atoms with Crippen LogP contribution in [0.3, 0.4) is 0 Å². The largest absolute Gasteiger partial charge is 0.283 e. The van der Waals surface area contributed by atoms with Crippen LogP contribution in [0.5, 0.6) is 0 Å². The van der Waals surface area contributed by atoms with Crippen molar-refractivity contribution in [3.05, 3.63) is 64.7 Å². The van der Waals surface area contributed by atoms with Crippen LogP contribution in [-0.2, 0) is 15.8 Å². The van der Waals surface area contributed by atoms with Crippen LogP contribution in [0.2, 0.25) is 5.02 Å². The molecule has 0 aliphatic rings. The highest BCUT2D eigenvalue weighted by Crippen LogP contribution is 2.20. The zero-order chi connectivity index (χ0) is 14.8. The Bertz CT molecular complexity index is 735. The van der Waals surface area contributed by atoms with Crippen molar-refractivity contribution in [2.75, 3.05) is 4.72 Å². The Labute approximate surface area is 120 Å². The summed E-state index contributed by atoms with van der Waals surface area (Å²) in [4.78, 5) is 0. The number of halogens is 3. The third-order valence-electron chi connectivity index (χ3n) is 2.50. The molecule has 0 bridgehead atoms. The predicted molar refractivity (Wildman–Crippen MR) is 74.1 cm³/mol. The molecule has 3 nitrogen and oxygen atoms in total. The fourth-order valence-electron chi connectivity index (χ4n) is 1.60. The molecule has 106 valence electrons. The average molecular weight is 318 g/mol. The van der Waals surface area contributed by atoms with Crippen molar-refractivity contribution in [3.63, 3.8) is 0 Å². The van der Waals surface area contributed by atoms with E-state index in [9.17, 15) is 17.2 Å². The van der Waals surface area contributed by atoms with E-state index in [0.717, 1.165) is 18.2 Å². The standard InChI is InChI=1S/C13H10ClF2NO2S/c14-11-4-2-1-3-9(11)8-20(18,19)17-10-5-6-12(15)13(16)7-10/h1-7,17H,8H2. The Morgan fingerprint density at radius 1 is 1.05 bits per heavy atom. The Morgan fingerprint density at radius 3 is 2.40 bits per heavy atom. The van der Waals surface area contributed by atoms with Crippen molar-refractivity contribution in [2.45, 2.75) is 5.75 Å². The molecule has 0 aliphatic carbocycles. The molecule has 0 unspecified atom stereocenters. The molecule has 0 aliphatic heterocycles. The molecule has 2 rings (SSSR count). The van der Waals surface area contributed by atoms with E-state index in [1.54, 1.807) is 24.3 Å². The van der Waals surface area contributed by atoms with E-state index in [1.165, 1.54) is 0 Å². The predicted octanol–water partition coefficient (Wildman–Crippen LogP) is 3.56. The maximum atomic E-state index is 13.0. The molecule has 0 aromatic heterocycles. The van der Waals surface area contributed by atoms with Gasteiger partial charge >= 0.3 is 0 Å². The van der Waals surface area contributed by atoms with Gasteiger partial charge in [0.05, 0.1) is 11.4 Å². The molecule has 2 aromatic rings. The minimum absolute atomic E-state index is 0.0454. The summed E-state index contributed by atoms with van der Waals surface area (Å²) in [5.41, 5.74) is 0.375. The topological polar surface area (TPSA) is 46.2 Å². The summed E-state index contributed by atoms with van der Waals surface area (Å²) in [5, 5.41) is 0.322. The van der Waals surface area contributed by atoms with E-state index in [2.05, 4.69) is 4.72 Å². The van der Waals surface area contributed by atoms with Crippen molar-refractivity contribution in [2.24, 2.45) is 0 Å². The summed E-state index contributed by atoms with van der Waals surface area (Å²) >= 11 is 5.88. The first-order valence-electron chi connectivity index (χ1n) is 5.56. The summed E-state index contributed by atoms with van der Waals surface area (Å²) in [5.74, 6) is -2.52. The number of sulfonamides is 1. The van der Waals surface area contributed by atoms with E-state index < -0.39 is 21.7 Å². The van der Waals surface area contributed by atoms with Gasteiger partial charge in [0.2, 0.25) is 10.0 Å². The number of nitrogens with one attached hydrogen (secondary N) is 1. The molecule has 0 saturated carbocycles. The third-order valence-corrected chi connectivity index (χ3v) is 4.10. The molecule has 0 atom stereocenters. The molecule has 0 saturated heterocycles. The van der Waals surface area contributed by atoms with E-state index in [1.807, 2.05) is 0 Å². The first kappa shape index (κ1) is 14.7. The molecule has 7 heteroatoms. The molecule has 0 spiro atoms. The molecule has 0 amide bonds. The molecule has 0 fully saturated rings. The van der Waals surface area contributed by atoms with Crippen LogP contribution in [0.4, 0.5) is 14.5 Å². The van der Waals surface area contributed by atoms with E-state index in [4.69, 9.17) is 11.6 Å². The molecule has 0 heterocycles. The van der Waals surface area contributed by atoms with E-state index >= 15 is 0 Å². The Balaban J connectivity index is 2.19. The quantitative estimate of drug-likeness (QED) is 0.937. The zero-order valence-electron chi connectivity index (χ0n) is 10.1. The van der Waals surface area contributed by atoms with Crippen molar-refractivity contribution in [1.29, 1.82) is 0 Å². The van der Waals surface area contributed by atoms with Crippen LogP contribution >= 0.6 is 11.6 Å². The lowest BCUT2D eigenvalue weighted by Crippen LogP contribution is -2.15. The lowest BCUT2D eigenvalue weighted by molar-refractivity contribution is 0.509. The van der Waals surface area contributed by atoms with Crippen LogP contribution < -0.4 is 4.72 Å². The second-order valence-corrected chi connectivity index (χ2v) is 6.21. The first-order valence-corrected chi connectivity index (χ1v) is 7.59. The fraction of sp³-hybridized carbons (Fsp3) is 0.0769. The summed E-state index contributed by atoms with van der Waals surface area (Å²) in [6, 6.07) is 9.26. The molecular formula is C13H10ClF2NO2S. The Morgan fingerprint density at radius 2 is 1.75 bits per heavy atom. The minimum Gasteiger partial charge on any atom is -0.283 e. The van der Waals surface area contributed by atoms with Crippen molar-refractivity contribution < 1.29 is 17.2 Å². The van der Waals surface area contributed by atoms with Gasteiger partial charge in [-0.15, -0.1) is 0 Å². The van der Waals surface area contributed by atoms with Gasteiger partial charge in [-0.25, -0.2) is 17.2 Å². The van der Waals surface area contributed by atoms with Gasteiger partial charge in [0, 0.05) is 11.1 Å². The summed E-state index contributed by atoms with van der Waals surface area (Å²) in [6.07, 6.45) is 0. The SMILES string of the molecule is O=S(=O)(Cc1ccccc1Cl)Nc1ccc(F)c(F)c1. The number of benzene rings is 2. The first-order chi connectivity index (χ1) is 9.37.